The number of aryl methyl sites for hydroxylation is 1. The van der Waals surface area contributed by atoms with Gasteiger partial charge < -0.3 is 10.6 Å². The Kier molecular flexibility index (Phi) is 7.33. The van der Waals surface area contributed by atoms with Crippen LogP contribution < -0.4 is 10.6 Å². The summed E-state index contributed by atoms with van der Waals surface area (Å²) in [5.41, 5.74) is -8.79. The van der Waals surface area contributed by atoms with E-state index in [0.717, 1.165) is 6.92 Å². The van der Waals surface area contributed by atoms with Gasteiger partial charge in [0, 0.05) is 16.8 Å². The number of halogens is 8. The van der Waals surface area contributed by atoms with E-state index < -0.39 is 40.9 Å². The molecule has 0 bridgehead atoms. The third-order valence-corrected chi connectivity index (χ3v) is 4.94. The number of alkyl halides is 7. The predicted octanol–water partition coefficient (Wildman–Crippen LogP) is 6.72. The Labute approximate surface area is 195 Å². The van der Waals surface area contributed by atoms with E-state index in [0.29, 0.717) is 12.1 Å². The number of benzene rings is 2. The Bertz CT molecular complexity index is 1090. The van der Waals surface area contributed by atoms with Crippen LogP contribution in [-0.2, 0) is 5.67 Å². The van der Waals surface area contributed by atoms with Crippen LogP contribution in [0.25, 0.3) is 0 Å². The van der Waals surface area contributed by atoms with Crippen LogP contribution in [-0.4, -0.2) is 29.7 Å². The molecule has 0 spiro atoms. The maximum atomic E-state index is 14.3. The van der Waals surface area contributed by atoms with Crippen molar-refractivity contribution in [2.24, 2.45) is 0 Å². The number of carbonyl (C=O) groups excluding carboxylic acids is 2. The average molecular weight is 513 g/mol. The van der Waals surface area contributed by atoms with Gasteiger partial charge in [-0.2, -0.15) is 26.3 Å². The smallest absolute Gasteiger partial charge is 0.347 e. The van der Waals surface area contributed by atoms with Crippen molar-refractivity contribution in [2.45, 2.75) is 51.3 Å². The highest BCUT2D eigenvalue weighted by Gasteiger charge is 2.73. The summed E-state index contributed by atoms with van der Waals surface area (Å²) in [6, 6.07) is 5.36. The van der Waals surface area contributed by atoms with Crippen LogP contribution in [0, 0.1) is 6.92 Å². The largest absolute Gasteiger partial charge is 0.435 e. The first-order chi connectivity index (χ1) is 15.3. The lowest BCUT2D eigenvalue weighted by Gasteiger charge is -2.30. The van der Waals surface area contributed by atoms with Gasteiger partial charge in [-0.25, -0.2) is 4.39 Å². The molecule has 0 radical (unpaired) electrons. The summed E-state index contributed by atoms with van der Waals surface area (Å²) in [4.78, 5) is 25.5. The van der Waals surface area contributed by atoms with Gasteiger partial charge in [0.1, 0.15) is 0 Å². The molecule has 2 N–H and O–H groups in total. The maximum Gasteiger partial charge on any atom is 0.435 e. The maximum absolute atomic E-state index is 14.3. The van der Waals surface area contributed by atoms with Gasteiger partial charge in [0.05, 0.1) is 16.1 Å². The molecule has 0 unspecified atom stereocenters. The van der Waals surface area contributed by atoms with E-state index in [2.05, 4.69) is 10.6 Å². The molecule has 0 aliphatic rings. The molecule has 0 atom stereocenters. The van der Waals surface area contributed by atoms with Crippen molar-refractivity contribution in [3.8, 4) is 0 Å². The summed E-state index contributed by atoms with van der Waals surface area (Å²) >= 11 is 6.09. The molecule has 0 fully saturated rings. The summed E-state index contributed by atoms with van der Waals surface area (Å²) in [6.45, 7) is 6.18. The van der Waals surface area contributed by atoms with Gasteiger partial charge in [-0.3, -0.25) is 9.59 Å². The standard InChI is InChI=1S/C22H20ClF7N2O2/c1-11-10-12(20(24,21(25,26)27)22(28,29)30)8-9-15(11)31-17(33)13-6-5-7-14(23)16(13)18(34)32-19(2,3)4/h5-10H,1-4H3,(H,31,33)(H,32,34). The Morgan fingerprint density at radius 1 is 0.853 bits per heavy atom. The van der Waals surface area contributed by atoms with Crippen molar-refractivity contribution in [1.82, 2.24) is 5.32 Å². The minimum atomic E-state index is -6.27. The van der Waals surface area contributed by atoms with Crippen LogP contribution in [0.1, 0.15) is 52.6 Å². The van der Waals surface area contributed by atoms with Crippen molar-refractivity contribution in [3.05, 3.63) is 63.7 Å². The molecule has 0 saturated carbocycles. The first-order valence-electron chi connectivity index (χ1n) is 9.65. The zero-order valence-electron chi connectivity index (χ0n) is 18.3. The monoisotopic (exact) mass is 512 g/mol. The summed E-state index contributed by atoms with van der Waals surface area (Å²) < 4.78 is 92.4. The van der Waals surface area contributed by atoms with Crippen molar-refractivity contribution < 1.29 is 40.3 Å². The van der Waals surface area contributed by atoms with E-state index in [1.807, 2.05) is 0 Å². The van der Waals surface area contributed by atoms with Gasteiger partial charge in [0.25, 0.3) is 11.8 Å². The molecule has 0 heterocycles. The van der Waals surface area contributed by atoms with Crippen LogP contribution in [0.15, 0.2) is 36.4 Å². The zero-order chi connectivity index (χ0) is 26.3. The topological polar surface area (TPSA) is 58.2 Å². The highest BCUT2D eigenvalue weighted by Crippen LogP contribution is 2.53. The molecule has 0 aliphatic carbocycles. The van der Waals surface area contributed by atoms with E-state index in [-0.39, 0.29) is 33.5 Å². The lowest BCUT2D eigenvalue weighted by molar-refractivity contribution is -0.348. The number of anilines is 1. The number of carbonyl (C=O) groups is 2. The van der Waals surface area contributed by atoms with E-state index in [4.69, 9.17) is 11.6 Å². The average Bonchev–Trinajstić information content (AvgIpc) is 2.65. The minimum Gasteiger partial charge on any atom is -0.347 e. The van der Waals surface area contributed by atoms with Crippen molar-refractivity contribution in [2.75, 3.05) is 5.32 Å². The van der Waals surface area contributed by atoms with Crippen molar-refractivity contribution in [3.63, 3.8) is 0 Å². The predicted molar refractivity (Wildman–Crippen MR) is 113 cm³/mol. The van der Waals surface area contributed by atoms with Gasteiger partial charge in [0.2, 0.25) is 0 Å². The third-order valence-electron chi connectivity index (χ3n) is 4.63. The molecular weight excluding hydrogens is 493 g/mol. The SMILES string of the molecule is Cc1cc(C(F)(C(F)(F)F)C(F)(F)F)ccc1NC(=O)c1cccc(Cl)c1C(=O)NC(C)(C)C. The van der Waals surface area contributed by atoms with Crippen molar-refractivity contribution in [1.29, 1.82) is 0 Å². The first kappa shape index (κ1) is 27.4. The molecule has 2 aromatic carbocycles. The summed E-state index contributed by atoms with van der Waals surface area (Å²) in [5.74, 6) is -1.58. The molecule has 34 heavy (non-hydrogen) atoms. The number of rotatable bonds is 4. The van der Waals surface area contributed by atoms with E-state index in [1.54, 1.807) is 20.8 Å². The first-order valence-corrected chi connectivity index (χ1v) is 10.0. The van der Waals surface area contributed by atoms with E-state index in [9.17, 15) is 40.3 Å². The van der Waals surface area contributed by atoms with Gasteiger partial charge in [-0.1, -0.05) is 29.8 Å². The lowest BCUT2D eigenvalue weighted by Crippen LogP contribution is -2.50. The zero-order valence-corrected chi connectivity index (χ0v) is 19.1. The molecule has 2 rings (SSSR count). The van der Waals surface area contributed by atoms with Gasteiger partial charge in [0.15, 0.2) is 0 Å². The molecule has 0 aliphatic heterocycles. The van der Waals surface area contributed by atoms with Crippen LogP contribution in [0.4, 0.5) is 36.4 Å². The Morgan fingerprint density at radius 3 is 1.88 bits per heavy atom. The molecule has 4 nitrogen and oxygen atoms in total. The second kappa shape index (κ2) is 9.09. The minimum absolute atomic E-state index is 0.0564. The van der Waals surface area contributed by atoms with Crippen LogP contribution in [0.5, 0.6) is 0 Å². The van der Waals surface area contributed by atoms with Crippen LogP contribution in [0.3, 0.4) is 0 Å². The molecule has 12 heteroatoms. The number of nitrogens with one attached hydrogen (secondary N) is 2. The number of hydrogen-bond donors (Lipinski definition) is 2. The summed E-state index contributed by atoms with van der Waals surface area (Å²) in [6.07, 6.45) is -12.5. The fraction of sp³-hybridized carbons (Fsp3) is 0.364. The summed E-state index contributed by atoms with van der Waals surface area (Å²) in [5, 5.41) is 4.89. The lowest BCUT2D eigenvalue weighted by atomic mass is 9.92. The molecule has 2 amide bonds. The van der Waals surface area contributed by atoms with Crippen LogP contribution in [0.2, 0.25) is 5.02 Å². The second-order valence-corrected chi connectivity index (χ2v) is 8.91. The highest BCUT2D eigenvalue weighted by atomic mass is 35.5. The van der Waals surface area contributed by atoms with Crippen molar-refractivity contribution >= 4 is 29.1 Å². The fourth-order valence-electron chi connectivity index (χ4n) is 3.04. The van der Waals surface area contributed by atoms with Crippen LogP contribution >= 0.6 is 11.6 Å². The summed E-state index contributed by atoms with van der Waals surface area (Å²) in [7, 11) is 0. The number of hydrogen-bond acceptors (Lipinski definition) is 2. The Balaban J connectivity index is 2.45. The fourth-order valence-corrected chi connectivity index (χ4v) is 3.30. The number of amides is 2. The highest BCUT2D eigenvalue weighted by molar-refractivity contribution is 6.35. The molecule has 0 aromatic heterocycles. The molecular formula is C22H20ClF7N2O2. The van der Waals surface area contributed by atoms with Gasteiger partial charge in [-0.15, -0.1) is 0 Å². The third kappa shape index (κ3) is 5.45. The molecule has 186 valence electrons. The molecule has 0 saturated heterocycles. The molecule has 2 aromatic rings. The Hall–Kier alpha value is -2.82. The van der Waals surface area contributed by atoms with Gasteiger partial charge in [-0.05, 0) is 51.5 Å². The second-order valence-electron chi connectivity index (χ2n) is 8.50. The van der Waals surface area contributed by atoms with E-state index >= 15 is 0 Å². The van der Waals surface area contributed by atoms with Gasteiger partial charge >= 0.3 is 18.0 Å². The normalized spacial score (nSPS) is 12.9. The Morgan fingerprint density at radius 2 is 1.41 bits per heavy atom. The van der Waals surface area contributed by atoms with E-state index in [1.165, 1.54) is 18.2 Å². The quantitative estimate of drug-likeness (QED) is 0.447.